The SMILES string of the molecule is O=C(NCC(c1ccccc1)N1CCCC1)c1ccc(O)c(Cl)c1. The van der Waals surface area contributed by atoms with E-state index in [0.29, 0.717) is 12.1 Å². The summed E-state index contributed by atoms with van der Waals surface area (Å²) in [6, 6.07) is 14.9. The Hall–Kier alpha value is -2.04. The Morgan fingerprint density at radius 2 is 1.88 bits per heavy atom. The van der Waals surface area contributed by atoms with Crippen molar-refractivity contribution in [3.05, 3.63) is 64.7 Å². The summed E-state index contributed by atoms with van der Waals surface area (Å²) in [5.41, 5.74) is 1.66. The van der Waals surface area contributed by atoms with Gasteiger partial charge in [-0.15, -0.1) is 0 Å². The standard InChI is InChI=1S/C19H21ClN2O2/c20-16-12-15(8-9-18(16)23)19(24)21-13-17(22-10-4-5-11-22)14-6-2-1-3-7-14/h1-3,6-9,12,17,23H,4-5,10-11,13H2,(H,21,24). The van der Waals surface area contributed by atoms with Crippen molar-refractivity contribution in [3.8, 4) is 5.75 Å². The number of likely N-dealkylation sites (tertiary alicyclic amines) is 1. The summed E-state index contributed by atoms with van der Waals surface area (Å²) in [6.07, 6.45) is 2.40. The number of benzene rings is 2. The number of aromatic hydroxyl groups is 1. The van der Waals surface area contributed by atoms with Crippen molar-refractivity contribution in [1.82, 2.24) is 10.2 Å². The number of halogens is 1. The number of carbonyl (C=O) groups excluding carboxylic acids is 1. The number of nitrogens with zero attached hydrogens (tertiary/aromatic N) is 1. The van der Waals surface area contributed by atoms with Crippen LogP contribution in [0.1, 0.15) is 34.8 Å². The predicted octanol–water partition coefficient (Wildman–Crippen LogP) is 3.61. The molecule has 0 bridgehead atoms. The first-order valence-electron chi connectivity index (χ1n) is 8.21. The number of hydrogen-bond donors (Lipinski definition) is 2. The molecule has 2 aromatic carbocycles. The molecule has 1 amide bonds. The van der Waals surface area contributed by atoms with E-state index in [-0.39, 0.29) is 22.7 Å². The largest absolute Gasteiger partial charge is 0.506 e. The van der Waals surface area contributed by atoms with Crippen LogP contribution < -0.4 is 5.32 Å². The van der Waals surface area contributed by atoms with Crippen LogP contribution >= 0.6 is 11.6 Å². The topological polar surface area (TPSA) is 52.6 Å². The van der Waals surface area contributed by atoms with E-state index in [2.05, 4.69) is 22.3 Å². The smallest absolute Gasteiger partial charge is 0.251 e. The first-order chi connectivity index (χ1) is 11.6. The fourth-order valence-electron chi connectivity index (χ4n) is 3.13. The minimum atomic E-state index is -0.183. The Morgan fingerprint density at radius 1 is 1.17 bits per heavy atom. The van der Waals surface area contributed by atoms with Gasteiger partial charge in [0.1, 0.15) is 5.75 Å². The van der Waals surface area contributed by atoms with E-state index in [4.69, 9.17) is 11.6 Å². The highest BCUT2D eigenvalue weighted by Crippen LogP contribution is 2.25. The van der Waals surface area contributed by atoms with Crippen LogP contribution in [0.3, 0.4) is 0 Å². The van der Waals surface area contributed by atoms with Crippen molar-refractivity contribution < 1.29 is 9.90 Å². The summed E-state index contributed by atoms with van der Waals surface area (Å²) in [6.45, 7) is 2.66. The van der Waals surface area contributed by atoms with Crippen LogP contribution in [0, 0.1) is 0 Å². The van der Waals surface area contributed by atoms with Gasteiger partial charge in [-0.25, -0.2) is 0 Å². The Balaban J connectivity index is 1.71. The fourth-order valence-corrected chi connectivity index (χ4v) is 3.31. The van der Waals surface area contributed by atoms with Crippen molar-refractivity contribution in [3.63, 3.8) is 0 Å². The molecule has 1 aliphatic rings. The number of nitrogens with one attached hydrogen (secondary N) is 1. The number of phenols is 1. The maximum Gasteiger partial charge on any atom is 0.251 e. The molecule has 4 nitrogen and oxygen atoms in total. The zero-order valence-electron chi connectivity index (χ0n) is 13.4. The molecule has 1 aliphatic heterocycles. The fraction of sp³-hybridized carbons (Fsp3) is 0.316. The molecule has 24 heavy (non-hydrogen) atoms. The Morgan fingerprint density at radius 3 is 2.54 bits per heavy atom. The molecule has 0 aliphatic carbocycles. The van der Waals surface area contributed by atoms with Crippen LogP contribution in [-0.4, -0.2) is 35.5 Å². The zero-order chi connectivity index (χ0) is 16.9. The molecular formula is C19H21ClN2O2. The van der Waals surface area contributed by atoms with Gasteiger partial charge in [0.2, 0.25) is 0 Å². The molecule has 5 heteroatoms. The number of rotatable bonds is 5. The molecule has 1 fully saturated rings. The van der Waals surface area contributed by atoms with Gasteiger partial charge in [-0.3, -0.25) is 9.69 Å². The van der Waals surface area contributed by atoms with E-state index < -0.39 is 0 Å². The molecule has 0 aromatic heterocycles. The quantitative estimate of drug-likeness (QED) is 0.871. The second kappa shape index (κ2) is 7.69. The molecule has 0 radical (unpaired) electrons. The first-order valence-corrected chi connectivity index (χ1v) is 8.58. The van der Waals surface area contributed by atoms with Crippen LogP contribution in [0.25, 0.3) is 0 Å². The van der Waals surface area contributed by atoms with Crippen molar-refractivity contribution in [2.45, 2.75) is 18.9 Å². The Labute approximate surface area is 147 Å². The summed E-state index contributed by atoms with van der Waals surface area (Å²) in [5, 5.41) is 12.6. The van der Waals surface area contributed by atoms with E-state index in [1.807, 2.05) is 18.2 Å². The second-order valence-corrected chi connectivity index (χ2v) is 6.45. The van der Waals surface area contributed by atoms with Crippen LogP contribution in [0.5, 0.6) is 5.75 Å². The summed E-state index contributed by atoms with van der Waals surface area (Å²) in [4.78, 5) is 14.8. The Bertz CT molecular complexity index is 700. The average Bonchev–Trinajstić information content (AvgIpc) is 3.12. The molecule has 126 valence electrons. The number of phenolic OH excluding ortho intramolecular Hbond substituents is 1. The molecule has 2 aromatic rings. The van der Waals surface area contributed by atoms with Crippen LogP contribution in [-0.2, 0) is 0 Å². The van der Waals surface area contributed by atoms with E-state index in [0.717, 1.165) is 13.1 Å². The molecule has 1 atom stereocenters. The van der Waals surface area contributed by atoms with Crippen LogP contribution in [0.4, 0.5) is 0 Å². The normalized spacial score (nSPS) is 16.0. The molecular weight excluding hydrogens is 324 g/mol. The first kappa shape index (κ1) is 16.8. The summed E-state index contributed by atoms with van der Waals surface area (Å²) in [7, 11) is 0. The van der Waals surface area contributed by atoms with Crippen LogP contribution in [0.15, 0.2) is 48.5 Å². The molecule has 1 saturated heterocycles. The van der Waals surface area contributed by atoms with Gasteiger partial charge in [0.05, 0.1) is 11.1 Å². The van der Waals surface area contributed by atoms with Gasteiger partial charge in [0, 0.05) is 12.1 Å². The van der Waals surface area contributed by atoms with Crippen molar-refractivity contribution in [2.75, 3.05) is 19.6 Å². The minimum absolute atomic E-state index is 0.0209. The zero-order valence-corrected chi connectivity index (χ0v) is 14.2. The highest BCUT2D eigenvalue weighted by molar-refractivity contribution is 6.32. The van der Waals surface area contributed by atoms with Gasteiger partial charge in [0.25, 0.3) is 5.91 Å². The third kappa shape index (κ3) is 3.89. The van der Waals surface area contributed by atoms with Gasteiger partial charge in [-0.05, 0) is 49.7 Å². The Kier molecular flexibility index (Phi) is 5.38. The van der Waals surface area contributed by atoms with Crippen molar-refractivity contribution in [1.29, 1.82) is 0 Å². The molecule has 0 spiro atoms. The van der Waals surface area contributed by atoms with E-state index >= 15 is 0 Å². The van der Waals surface area contributed by atoms with E-state index in [1.165, 1.54) is 30.5 Å². The molecule has 2 N–H and O–H groups in total. The van der Waals surface area contributed by atoms with Gasteiger partial charge in [0.15, 0.2) is 0 Å². The molecule has 1 unspecified atom stereocenters. The lowest BCUT2D eigenvalue weighted by Crippen LogP contribution is -2.36. The number of amides is 1. The lowest BCUT2D eigenvalue weighted by Gasteiger charge is -2.28. The monoisotopic (exact) mass is 344 g/mol. The third-order valence-electron chi connectivity index (χ3n) is 4.43. The molecule has 0 saturated carbocycles. The highest BCUT2D eigenvalue weighted by atomic mass is 35.5. The third-order valence-corrected chi connectivity index (χ3v) is 4.73. The average molecular weight is 345 g/mol. The lowest BCUT2D eigenvalue weighted by atomic mass is 10.1. The van der Waals surface area contributed by atoms with Crippen LogP contribution in [0.2, 0.25) is 5.02 Å². The van der Waals surface area contributed by atoms with Gasteiger partial charge >= 0.3 is 0 Å². The van der Waals surface area contributed by atoms with E-state index in [9.17, 15) is 9.90 Å². The van der Waals surface area contributed by atoms with Crippen molar-refractivity contribution in [2.24, 2.45) is 0 Å². The minimum Gasteiger partial charge on any atom is -0.506 e. The number of hydrogen-bond acceptors (Lipinski definition) is 3. The van der Waals surface area contributed by atoms with Gasteiger partial charge in [-0.2, -0.15) is 0 Å². The maximum atomic E-state index is 12.4. The number of carbonyl (C=O) groups is 1. The van der Waals surface area contributed by atoms with Crippen molar-refractivity contribution >= 4 is 17.5 Å². The predicted molar refractivity (Wildman–Crippen MR) is 95.4 cm³/mol. The van der Waals surface area contributed by atoms with Gasteiger partial charge in [-0.1, -0.05) is 41.9 Å². The molecule has 3 rings (SSSR count). The van der Waals surface area contributed by atoms with E-state index in [1.54, 1.807) is 6.07 Å². The summed E-state index contributed by atoms with van der Waals surface area (Å²) < 4.78 is 0. The summed E-state index contributed by atoms with van der Waals surface area (Å²) in [5.74, 6) is -0.204. The van der Waals surface area contributed by atoms with Gasteiger partial charge < -0.3 is 10.4 Å². The lowest BCUT2D eigenvalue weighted by molar-refractivity contribution is 0.0938. The summed E-state index contributed by atoms with van der Waals surface area (Å²) >= 11 is 5.88. The highest BCUT2D eigenvalue weighted by Gasteiger charge is 2.24. The molecule has 1 heterocycles. The second-order valence-electron chi connectivity index (χ2n) is 6.05. The maximum absolute atomic E-state index is 12.4.